The average Bonchev–Trinajstić information content (AvgIpc) is 2.93. The predicted octanol–water partition coefficient (Wildman–Crippen LogP) is 2.66. The molecule has 2 aromatic rings. The smallest absolute Gasteiger partial charge is 0.251 e. The van der Waals surface area contributed by atoms with Crippen LogP contribution in [0.25, 0.3) is 0 Å². The van der Waals surface area contributed by atoms with Gasteiger partial charge < -0.3 is 16.0 Å². The number of carbonyl (C=O) groups is 1. The third kappa shape index (κ3) is 3.65. The number of carbonyl (C=O) groups excluding carboxylic acids is 1. The SMILES string of the molecule is Nc1c(Cl)cc(C(=O)NCCCc2ncc[nH]2)cc1Cl. The maximum atomic E-state index is 11.9. The number of aromatic amines is 1. The lowest BCUT2D eigenvalue weighted by molar-refractivity contribution is 0.0953. The van der Waals surface area contributed by atoms with Crippen molar-refractivity contribution in [2.45, 2.75) is 12.8 Å². The summed E-state index contributed by atoms with van der Waals surface area (Å²) in [5.74, 6) is 0.672. The molecule has 0 bridgehead atoms. The lowest BCUT2D eigenvalue weighted by Gasteiger charge is -2.07. The summed E-state index contributed by atoms with van der Waals surface area (Å²) in [7, 11) is 0. The van der Waals surface area contributed by atoms with Crippen molar-refractivity contribution in [1.29, 1.82) is 0 Å². The Balaban J connectivity index is 1.86. The quantitative estimate of drug-likeness (QED) is 0.586. The topological polar surface area (TPSA) is 83.8 Å². The Morgan fingerprint density at radius 2 is 2.05 bits per heavy atom. The summed E-state index contributed by atoms with van der Waals surface area (Å²) in [6, 6.07) is 3.01. The van der Waals surface area contributed by atoms with Crippen LogP contribution in [-0.4, -0.2) is 22.4 Å². The van der Waals surface area contributed by atoms with Gasteiger partial charge in [0.25, 0.3) is 5.91 Å². The molecule has 4 N–H and O–H groups in total. The minimum atomic E-state index is -0.228. The maximum Gasteiger partial charge on any atom is 0.251 e. The zero-order valence-corrected chi connectivity index (χ0v) is 12.1. The van der Waals surface area contributed by atoms with Crippen molar-refractivity contribution in [1.82, 2.24) is 15.3 Å². The van der Waals surface area contributed by atoms with Gasteiger partial charge in [-0.05, 0) is 18.6 Å². The monoisotopic (exact) mass is 312 g/mol. The zero-order valence-electron chi connectivity index (χ0n) is 10.6. The molecule has 7 heteroatoms. The molecule has 0 aliphatic rings. The molecular weight excluding hydrogens is 299 g/mol. The first kappa shape index (κ1) is 14.7. The molecule has 1 heterocycles. The number of nitrogen functional groups attached to an aromatic ring is 1. The Morgan fingerprint density at radius 3 is 2.65 bits per heavy atom. The van der Waals surface area contributed by atoms with Gasteiger partial charge in [-0.25, -0.2) is 4.98 Å². The van der Waals surface area contributed by atoms with Gasteiger partial charge in [0.15, 0.2) is 0 Å². The fourth-order valence-corrected chi connectivity index (χ4v) is 2.20. The molecule has 0 aliphatic carbocycles. The summed E-state index contributed by atoms with van der Waals surface area (Å²) < 4.78 is 0. The first-order valence-electron chi connectivity index (χ1n) is 6.09. The van der Waals surface area contributed by atoms with Crippen molar-refractivity contribution < 1.29 is 4.79 Å². The second-order valence-electron chi connectivity index (χ2n) is 4.25. The van der Waals surface area contributed by atoms with E-state index < -0.39 is 0 Å². The first-order valence-corrected chi connectivity index (χ1v) is 6.84. The van der Waals surface area contributed by atoms with Crippen LogP contribution in [0, 0.1) is 0 Å². The Hall–Kier alpha value is -1.72. The number of hydrogen-bond donors (Lipinski definition) is 3. The van der Waals surface area contributed by atoms with Gasteiger partial charge in [0, 0.05) is 30.9 Å². The van der Waals surface area contributed by atoms with Gasteiger partial charge >= 0.3 is 0 Å². The van der Waals surface area contributed by atoms with E-state index in [1.54, 1.807) is 12.4 Å². The van der Waals surface area contributed by atoms with E-state index >= 15 is 0 Å². The van der Waals surface area contributed by atoms with Crippen LogP contribution in [0.2, 0.25) is 10.0 Å². The summed E-state index contributed by atoms with van der Waals surface area (Å²) in [4.78, 5) is 19.0. The number of anilines is 1. The molecule has 0 aliphatic heterocycles. The van der Waals surface area contributed by atoms with E-state index in [4.69, 9.17) is 28.9 Å². The molecule has 5 nitrogen and oxygen atoms in total. The van der Waals surface area contributed by atoms with E-state index in [1.165, 1.54) is 12.1 Å². The summed E-state index contributed by atoms with van der Waals surface area (Å²) in [5.41, 5.74) is 6.30. The van der Waals surface area contributed by atoms with Gasteiger partial charge in [0.1, 0.15) is 5.82 Å². The van der Waals surface area contributed by atoms with Crippen molar-refractivity contribution in [3.63, 3.8) is 0 Å². The number of imidazole rings is 1. The van der Waals surface area contributed by atoms with Gasteiger partial charge in [-0.1, -0.05) is 23.2 Å². The molecular formula is C13H14Cl2N4O. The minimum absolute atomic E-state index is 0.228. The van der Waals surface area contributed by atoms with Gasteiger partial charge in [0.05, 0.1) is 15.7 Å². The lowest BCUT2D eigenvalue weighted by atomic mass is 10.2. The highest BCUT2D eigenvalue weighted by molar-refractivity contribution is 6.39. The predicted molar refractivity (Wildman–Crippen MR) is 80.1 cm³/mol. The fraction of sp³-hybridized carbons (Fsp3) is 0.231. The number of rotatable bonds is 5. The number of amides is 1. The summed E-state index contributed by atoms with van der Waals surface area (Å²) in [6.45, 7) is 0.541. The summed E-state index contributed by atoms with van der Waals surface area (Å²) in [5, 5.41) is 3.35. The number of aryl methyl sites for hydroxylation is 1. The summed E-state index contributed by atoms with van der Waals surface area (Å²) >= 11 is 11.8. The molecule has 0 spiro atoms. The number of benzene rings is 1. The molecule has 1 amide bonds. The molecule has 0 saturated carbocycles. The second-order valence-corrected chi connectivity index (χ2v) is 5.06. The number of hydrogen-bond acceptors (Lipinski definition) is 3. The van der Waals surface area contributed by atoms with Gasteiger partial charge in [-0.3, -0.25) is 4.79 Å². The Labute approximate surface area is 126 Å². The van der Waals surface area contributed by atoms with Gasteiger partial charge in [0.2, 0.25) is 0 Å². The molecule has 20 heavy (non-hydrogen) atoms. The second kappa shape index (κ2) is 6.63. The lowest BCUT2D eigenvalue weighted by Crippen LogP contribution is -2.25. The van der Waals surface area contributed by atoms with Crippen LogP contribution in [0.3, 0.4) is 0 Å². The van der Waals surface area contributed by atoms with Crippen LogP contribution in [0.15, 0.2) is 24.5 Å². The van der Waals surface area contributed by atoms with Gasteiger partial charge in [-0.2, -0.15) is 0 Å². The third-order valence-electron chi connectivity index (χ3n) is 2.77. The van der Waals surface area contributed by atoms with Crippen LogP contribution >= 0.6 is 23.2 Å². The Bertz CT molecular complexity index is 575. The molecule has 106 valence electrons. The van der Waals surface area contributed by atoms with E-state index in [0.717, 1.165) is 18.7 Å². The molecule has 0 atom stereocenters. The standard InChI is InChI=1S/C13H14Cl2N4O/c14-9-6-8(7-10(15)12(9)16)13(20)19-3-1-2-11-17-4-5-18-11/h4-7H,1-3,16H2,(H,17,18)(H,19,20). The largest absolute Gasteiger partial charge is 0.396 e. The average molecular weight is 313 g/mol. The Morgan fingerprint density at radius 1 is 1.35 bits per heavy atom. The van der Waals surface area contributed by atoms with Crippen molar-refractivity contribution >= 4 is 34.8 Å². The van der Waals surface area contributed by atoms with Crippen molar-refractivity contribution in [2.75, 3.05) is 12.3 Å². The Kier molecular flexibility index (Phi) is 4.87. The van der Waals surface area contributed by atoms with Crippen molar-refractivity contribution in [3.05, 3.63) is 46.0 Å². The highest BCUT2D eigenvalue weighted by Crippen LogP contribution is 2.28. The third-order valence-corrected chi connectivity index (χ3v) is 3.40. The number of aromatic nitrogens is 2. The van der Waals surface area contributed by atoms with Crippen LogP contribution in [0.4, 0.5) is 5.69 Å². The number of H-pyrrole nitrogens is 1. The number of halogens is 2. The maximum absolute atomic E-state index is 11.9. The van der Waals surface area contributed by atoms with Crippen molar-refractivity contribution in [2.24, 2.45) is 0 Å². The number of nitrogens with one attached hydrogen (secondary N) is 2. The van der Waals surface area contributed by atoms with Crippen molar-refractivity contribution in [3.8, 4) is 0 Å². The molecule has 0 radical (unpaired) electrons. The van der Waals surface area contributed by atoms with Crippen LogP contribution in [-0.2, 0) is 6.42 Å². The summed E-state index contributed by atoms with van der Waals surface area (Å²) in [6.07, 6.45) is 5.03. The first-order chi connectivity index (χ1) is 9.58. The molecule has 2 rings (SSSR count). The number of nitrogens with zero attached hydrogens (tertiary/aromatic N) is 1. The molecule has 1 aromatic carbocycles. The molecule has 0 unspecified atom stereocenters. The molecule has 1 aromatic heterocycles. The molecule has 0 saturated heterocycles. The van der Waals surface area contributed by atoms with E-state index in [9.17, 15) is 4.79 Å². The van der Waals surface area contributed by atoms with Crippen LogP contribution < -0.4 is 11.1 Å². The highest BCUT2D eigenvalue weighted by atomic mass is 35.5. The van der Waals surface area contributed by atoms with E-state index in [1.807, 2.05) is 0 Å². The van der Waals surface area contributed by atoms with E-state index in [-0.39, 0.29) is 21.6 Å². The van der Waals surface area contributed by atoms with E-state index in [0.29, 0.717) is 12.1 Å². The minimum Gasteiger partial charge on any atom is -0.396 e. The van der Waals surface area contributed by atoms with Crippen LogP contribution in [0.1, 0.15) is 22.6 Å². The normalized spacial score (nSPS) is 10.5. The highest BCUT2D eigenvalue weighted by Gasteiger charge is 2.10. The number of nitrogens with two attached hydrogens (primary N) is 1. The molecule has 0 fully saturated rings. The van der Waals surface area contributed by atoms with Gasteiger partial charge in [-0.15, -0.1) is 0 Å². The fourth-order valence-electron chi connectivity index (χ4n) is 1.71. The van der Waals surface area contributed by atoms with E-state index in [2.05, 4.69) is 15.3 Å². The zero-order chi connectivity index (χ0) is 14.5. The van der Waals surface area contributed by atoms with Crippen LogP contribution in [0.5, 0.6) is 0 Å².